The van der Waals surface area contributed by atoms with Crippen LogP contribution in [-0.2, 0) is 22.6 Å². The SMILES string of the molecule is Cc1noc(C)c1CN(C)CC(=O)NN1C(=O)NC(C)(CCc2ccccc2)C1=O. The van der Waals surface area contributed by atoms with Crippen molar-refractivity contribution in [2.75, 3.05) is 13.6 Å². The molecule has 1 fully saturated rings. The van der Waals surface area contributed by atoms with Gasteiger partial charge in [-0.3, -0.25) is 19.9 Å². The second-order valence-corrected chi connectivity index (χ2v) is 7.90. The Hall–Kier alpha value is -3.20. The van der Waals surface area contributed by atoms with Gasteiger partial charge in [0.25, 0.3) is 11.8 Å². The number of hydrogen-bond donors (Lipinski definition) is 2. The van der Waals surface area contributed by atoms with Gasteiger partial charge >= 0.3 is 6.03 Å². The number of aryl methyl sites for hydroxylation is 3. The van der Waals surface area contributed by atoms with Crippen LogP contribution in [0.15, 0.2) is 34.9 Å². The van der Waals surface area contributed by atoms with Crippen LogP contribution in [0.5, 0.6) is 0 Å². The number of carbonyl (C=O) groups is 3. The highest BCUT2D eigenvalue weighted by atomic mass is 16.5. The molecule has 1 aromatic heterocycles. The fourth-order valence-electron chi connectivity index (χ4n) is 3.45. The van der Waals surface area contributed by atoms with E-state index in [2.05, 4.69) is 15.9 Å². The van der Waals surface area contributed by atoms with E-state index in [4.69, 9.17) is 4.52 Å². The zero-order valence-electron chi connectivity index (χ0n) is 17.7. The predicted octanol–water partition coefficient (Wildman–Crippen LogP) is 1.70. The Bertz CT molecular complexity index is 923. The number of nitrogens with zero attached hydrogens (tertiary/aromatic N) is 3. The van der Waals surface area contributed by atoms with Gasteiger partial charge in [-0.25, -0.2) is 4.79 Å². The number of rotatable bonds is 8. The summed E-state index contributed by atoms with van der Waals surface area (Å²) in [4.78, 5) is 39.3. The Kier molecular flexibility index (Phi) is 6.21. The van der Waals surface area contributed by atoms with E-state index in [1.807, 2.05) is 44.2 Å². The van der Waals surface area contributed by atoms with Gasteiger partial charge in [0.2, 0.25) is 0 Å². The molecule has 0 saturated carbocycles. The molecule has 1 atom stereocenters. The molecule has 3 rings (SSSR count). The van der Waals surface area contributed by atoms with Crippen molar-refractivity contribution in [1.82, 2.24) is 25.8 Å². The van der Waals surface area contributed by atoms with Crippen LogP contribution in [-0.4, -0.2) is 52.0 Å². The zero-order chi connectivity index (χ0) is 21.9. The third-order valence-electron chi connectivity index (χ3n) is 5.28. The molecule has 1 aliphatic heterocycles. The van der Waals surface area contributed by atoms with Crippen molar-refractivity contribution in [3.05, 3.63) is 52.9 Å². The summed E-state index contributed by atoms with van der Waals surface area (Å²) in [7, 11) is 1.77. The van der Waals surface area contributed by atoms with Crippen molar-refractivity contribution in [2.24, 2.45) is 0 Å². The summed E-state index contributed by atoms with van der Waals surface area (Å²) in [5, 5.41) is 7.37. The largest absolute Gasteiger partial charge is 0.361 e. The lowest BCUT2D eigenvalue weighted by Gasteiger charge is -2.22. The van der Waals surface area contributed by atoms with E-state index in [1.165, 1.54) is 0 Å². The molecule has 0 radical (unpaired) electrons. The number of aromatic nitrogens is 1. The third kappa shape index (κ3) is 4.68. The smallest absolute Gasteiger partial charge is 0.344 e. The molecule has 2 N–H and O–H groups in total. The van der Waals surface area contributed by atoms with Crippen LogP contribution >= 0.6 is 0 Å². The van der Waals surface area contributed by atoms with Crippen LogP contribution in [0.25, 0.3) is 0 Å². The summed E-state index contributed by atoms with van der Waals surface area (Å²) in [6, 6.07) is 9.10. The molecule has 4 amide bonds. The Morgan fingerprint density at radius 2 is 1.97 bits per heavy atom. The number of imide groups is 1. The minimum atomic E-state index is -1.07. The van der Waals surface area contributed by atoms with Crippen LogP contribution in [0.2, 0.25) is 0 Å². The van der Waals surface area contributed by atoms with Gasteiger partial charge in [-0.2, -0.15) is 5.01 Å². The molecule has 1 aromatic carbocycles. The van der Waals surface area contributed by atoms with Crippen molar-refractivity contribution in [2.45, 2.75) is 45.7 Å². The van der Waals surface area contributed by atoms with E-state index in [9.17, 15) is 14.4 Å². The van der Waals surface area contributed by atoms with E-state index >= 15 is 0 Å². The molecule has 1 saturated heterocycles. The lowest BCUT2D eigenvalue weighted by Crippen LogP contribution is -2.51. The van der Waals surface area contributed by atoms with Gasteiger partial charge in [0.05, 0.1) is 12.2 Å². The molecule has 1 aliphatic rings. The highest BCUT2D eigenvalue weighted by Crippen LogP contribution is 2.22. The first kappa shape index (κ1) is 21.5. The first-order chi connectivity index (χ1) is 14.2. The highest BCUT2D eigenvalue weighted by Gasteiger charge is 2.48. The van der Waals surface area contributed by atoms with Gasteiger partial charge < -0.3 is 9.84 Å². The van der Waals surface area contributed by atoms with Crippen molar-refractivity contribution in [1.29, 1.82) is 0 Å². The van der Waals surface area contributed by atoms with Gasteiger partial charge in [0.15, 0.2) is 0 Å². The molecule has 9 heteroatoms. The van der Waals surface area contributed by atoms with E-state index < -0.39 is 23.4 Å². The number of likely N-dealkylation sites (N-methyl/N-ethyl adjacent to an activating group) is 1. The summed E-state index contributed by atoms with van der Waals surface area (Å²) < 4.78 is 5.13. The van der Waals surface area contributed by atoms with E-state index in [1.54, 1.807) is 18.9 Å². The number of benzene rings is 1. The molecule has 0 aliphatic carbocycles. The maximum atomic E-state index is 12.8. The predicted molar refractivity (Wildman–Crippen MR) is 109 cm³/mol. The zero-order valence-corrected chi connectivity index (χ0v) is 17.7. The molecular weight excluding hydrogens is 386 g/mol. The lowest BCUT2D eigenvalue weighted by atomic mass is 9.93. The van der Waals surface area contributed by atoms with Crippen molar-refractivity contribution in [3.8, 4) is 0 Å². The van der Waals surface area contributed by atoms with Crippen LogP contribution in [0.3, 0.4) is 0 Å². The number of nitrogens with one attached hydrogen (secondary N) is 2. The van der Waals surface area contributed by atoms with Crippen LogP contribution in [0, 0.1) is 13.8 Å². The molecule has 0 bridgehead atoms. The number of hydrogen-bond acceptors (Lipinski definition) is 6. The van der Waals surface area contributed by atoms with E-state index in [0.717, 1.165) is 21.8 Å². The summed E-state index contributed by atoms with van der Waals surface area (Å²) >= 11 is 0. The van der Waals surface area contributed by atoms with Gasteiger partial charge in [-0.05, 0) is 46.2 Å². The van der Waals surface area contributed by atoms with Crippen molar-refractivity contribution >= 4 is 17.8 Å². The number of amides is 4. The first-order valence-corrected chi connectivity index (χ1v) is 9.80. The standard InChI is InChI=1S/C21H27N5O4/c1-14-17(15(2)30-24-14)12-25(4)13-18(27)23-26-19(28)21(3,22-20(26)29)11-10-16-8-6-5-7-9-16/h5-9H,10-13H2,1-4H3,(H,22,29)(H,23,27). The minimum Gasteiger partial charge on any atom is -0.361 e. The van der Waals surface area contributed by atoms with Crippen LogP contribution in [0.4, 0.5) is 4.79 Å². The molecule has 9 nitrogen and oxygen atoms in total. The molecule has 1 unspecified atom stereocenters. The Morgan fingerprint density at radius 1 is 1.27 bits per heavy atom. The lowest BCUT2D eigenvalue weighted by molar-refractivity contribution is -0.139. The number of hydrazine groups is 1. The summed E-state index contributed by atoms with van der Waals surface area (Å²) in [5.41, 5.74) is 4.11. The van der Waals surface area contributed by atoms with Crippen LogP contribution in [0.1, 0.15) is 35.9 Å². The Morgan fingerprint density at radius 3 is 2.60 bits per heavy atom. The van der Waals surface area contributed by atoms with Gasteiger partial charge in [0, 0.05) is 12.1 Å². The highest BCUT2D eigenvalue weighted by molar-refractivity contribution is 6.07. The van der Waals surface area contributed by atoms with E-state index in [0.29, 0.717) is 25.1 Å². The maximum Gasteiger partial charge on any atom is 0.344 e. The molecule has 2 heterocycles. The first-order valence-electron chi connectivity index (χ1n) is 9.80. The fraction of sp³-hybridized carbons (Fsp3) is 0.429. The summed E-state index contributed by atoms with van der Waals surface area (Å²) in [5.74, 6) is -0.228. The summed E-state index contributed by atoms with van der Waals surface area (Å²) in [6.07, 6.45) is 1.06. The van der Waals surface area contributed by atoms with Crippen LogP contribution < -0.4 is 10.7 Å². The molecule has 30 heavy (non-hydrogen) atoms. The van der Waals surface area contributed by atoms with Gasteiger partial charge in [-0.1, -0.05) is 35.5 Å². The number of carbonyl (C=O) groups excluding carboxylic acids is 3. The Balaban J connectivity index is 1.56. The quantitative estimate of drug-likeness (QED) is 0.638. The monoisotopic (exact) mass is 413 g/mol. The third-order valence-corrected chi connectivity index (χ3v) is 5.28. The average Bonchev–Trinajstić information content (AvgIpc) is 3.12. The fourth-order valence-corrected chi connectivity index (χ4v) is 3.45. The molecule has 0 spiro atoms. The number of urea groups is 1. The van der Waals surface area contributed by atoms with Gasteiger partial charge in [-0.15, -0.1) is 0 Å². The normalized spacial score (nSPS) is 18.8. The minimum absolute atomic E-state index is 0.00183. The van der Waals surface area contributed by atoms with E-state index in [-0.39, 0.29) is 6.54 Å². The second-order valence-electron chi connectivity index (χ2n) is 7.90. The topological polar surface area (TPSA) is 108 Å². The summed E-state index contributed by atoms with van der Waals surface area (Å²) in [6.45, 7) is 5.79. The molecule has 2 aromatic rings. The maximum absolute atomic E-state index is 12.8. The van der Waals surface area contributed by atoms with Crippen molar-refractivity contribution in [3.63, 3.8) is 0 Å². The van der Waals surface area contributed by atoms with Gasteiger partial charge in [0.1, 0.15) is 11.3 Å². The second kappa shape index (κ2) is 8.66. The molecular formula is C21H27N5O4. The average molecular weight is 413 g/mol. The molecule has 160 valence electrons. The Labute approximate surface area is 175 Å². The van der Waals surface area contributed by atoms with Crippen molar-refractivity contribution < 1.29 is 18.9 Å².